The molecule has 1 aromatic heterocycles. The van der Waals surface area contributed by atoms with Crippen molar-refractivity contribution in [3.8, 4) is 5.75 Å². The molecule has 1 aliphatic rings. The van der Waals surface area contributed by atoms with Crippen molar-refractivity contribution in [2.24, 2.45) is 0 Å². The standard InChI is InChI=1S/C17H23N3O/c1-3-9-20-10-8-19-17(20)16(18-4-2)14-5-6-15-13(12-14)7-11-21-15/h5-6,8,10,12,16,18H,3-4,7,9,11H2,1-2H3. The number of ether oxygens (including phenoxy) is 1. The van der Waals surface area contributed by atoms with E-state index in [2.05, 4.69) is 53.1 Å². The Morgan fingerprint density at radius 3 is 3.10 bits per heavy atom. The normalized spacial score (nSPS) is 14.8. The molecule has 0 fully saturated rings. The van der Waals surface area contributed by atoms with E-state index in [4.69, 9.17) is 4.74 Å². The zero-order valence-electron chi connectivity index (χ0n) is 12.8. The molecule has 2 aromatic rings. The second-order valence-electron chi connectivity index (χ2n) is 5.44. The molecule has 2 heterocycles. The molecule has 1 N–H and O–H groups in total. The van der Waals surface area contributed by atoms with Crippen LogP contribution in [0.5, 0.6) is 5.75 Å². The summed E-state index contributed by atoms with van der Waals surface area (Å²) in [6.45, 7) is 7.05. The van der Waals surface area contributed by atoms with Crippen molar-refractivity contribution in [3.63, 3.8) is 0 Å². The van der Waals surface area contributed by atoms with Gasteiger partial charge in [-0.3, -0.25) is 0 Å². The van der Waals surface area contributed by atoms with Gasteiger partial charge in [-0.15, -0.1) is 0 Å². The van der Waals surface area contributed by atoms with Gasteiger partial charge in [0.15, 0.2) is 0 Å². The summed E-state index contributed by atoms with van der Waals surface area (Å²) in [5.74, 6) is 2.13. The maximum absolute atomic E-state index is 5.60. The zero-order valence-corrected chi connectivity index (χ0v) is 12.8. The number of fused-ring (bicyclic) bond motifs is 1. The summed E-state index contributed by atoms with van der Waals surface area (Å²) >= 11 is 0. The van der Waals surface area contributed by atoms with Crippen LogP contribution in [0.2, 0.25) is 0 Å². The third-order valence-corrected chi connectivity index (χ3v) is 3.93. The van der Waals surface area contributed by atoms with Crippen LogP contribution in [0.25, 0.3) is 0 Å². The topological polar surface area (TPSA) is 39.1 Å². The molecule has 0 saturated carbocycles. The Balaban J connectivity index is 1.95. The molecular formula is C17H23N3O. The predicted molar refractivity (Wildman–Crippen MR) is 83.7 cm³/mol. The lowest BCUT2D eigenvalue weighted by Gasteiger charge is -2.20. The van der Waals surface area contributed by atoms with Crippen LogP contribution in [0.15, 0.2) is 30.6 Å². The number of imidazole rings is 1. The van der Waals surface area contributed by atoms with Gasteiger partial charge in [-0.2, -0.15) is 0 Å². The Morgan fingerprint density at radius 2 is 2.29 bits per heavy atom. The number of hydrogen-bond acceptors (Lipinski definition) is 3. The third-order valence-electron chi connectivity index (χ3n) is 3.93. The molecule has 0 spiro atoms. The van der Waals surface area contributed by atoms with Crippen molar-refractivity contribution >= 4 is 0 Å². The first-order valence-electron chi connectivity index (χ1n) is 7.83. The van der Waals surface area contributed by atoms with Crippen LogP contribution >= 0.6 is 0 Å². The van der Waals surface area contributed by atoms with E-state index >= 15 is 0 Å². The lowest BCUT2D eigenvalue weighted by molar-refractivity contribution is 0.356. The first-order chi connectivity index (χ1) is 10.3. The molecule has 0 amide bonds. The van der Waals surface area contributed by atoms with E-state index < -0.39 is 0 Å². The highest BCUT2D eigenvalue weighted by Gasteiger charge is 2.21. The first-order valence-corrected chi connectivity index (χ1v) is 7.83. The summed E-state index contributed by atoms with van der Waals surface area (Å²) in [6, 6.07) is 6.65. The smallest absolute Gasteiger partial charge is 0.130 e. The fourth-order valence-electron chi connectivity index (χ4n) is 2.96. The summed E-state index contributed by atoms with van der Waals surface area (Å²) in [4.78, 5) is 4.59. The number of benzene rings is 1. The van der Waals surface area contributed by atoms with Crippen LogP contribution in [-0.4, -0.2) is 22.7 Å². The van der Waals surface area contributed by atoms with E-state index in [0.29, 0.717) is 0 Å². The van der Waals surface area contributed by atoms with E-state index in [1.165, 1.54) is 11.1 Å². The highest BCUT2D eigenvalue weighted by Crippen LogP contribution is 2.30. The van der Waals surface area contributed by atoms with Gasteiger partial charge in [-0.1, -0.05) is 19.9 Å². The van der Waals surface area contributed by atoms with Gasteiger partial charge < -0.3 is 14.6 Å². The molecule has 1 unspecified atom stereocenters. The molecule has 4 heteroatoms. The SMILES string of the molecule is CCCn1ccnc1C(NCC)c1ccc2c(c1)CCO2. The van der Waals surface area contributed by atoms with Gasteiger partial charge in [0.1, 0.15) is 11.6 Å². The van der Waals surface area contributed by atoms with Gasteiger partial charge >= 0.3 is 0 Å². The molecule has 112 valence electrons. The number of aryl methyl sites for hydroxylation is 1. The van der Waals surface area contributed by atoms with Crippen molar-refractivity contribution in [3.05, 3.63) is 47.5 Å². The van der Waals surface area contributed by atoms with E-state index in [9.17, 15) is 0 Å². The molecular weight excluding hydrogens is 262 g/mol. The van der Waals surface area contributed by atoms with Crippen LogP contribution in [0, 0.1) is 0 Å². The van der Waals surface area contributed by atoms with Crippen LogP contribution in [-0.2, 0) is 13.0 Å². The second kappa shape index (κ2) is 6.31. The zero-order chi connectivity index (χ0) is 14.7. The molecule has 0 aliphatic carbocycles. The minimum absolute atomic E-state index is 0.141. The number of aromatic nitrogens is 2. The van der Waals surface area contributed by atoms with E-state index in [1.54, 1.807) is 0 Å². The minimum Gasteiger partial charge on any atom is -0.493 e. The quantitative estimate of drug-likeness (QED) is 0.887. The van der Waals surface area contributed by atoms with Crippen LogP contribution < -0.4 is 10.1 Å². The van der Waals surface area contributed by atoms with Crippen LogP contribution in [0.1, 0.15) is 43.3 Å². The van der Waals surface area contributed by atoms with Crippen molar-refractivity contribution in [2.75, 3.05) is 13.2 Å². The Bertz CT molecular complexity index is 606. The number of rotatable bonds is 6. The van der Waals surface area contributed by atoms with Crippen molar-refractivity contribution in [1.29, 1.82) is 0 Å². The van der Waals surface area contributed by atoms with Gasteiger partial charge in [0.2, 0.25) is 0 Å². The van der Waals surface area contributed by atoms with Crippen molar-refractivity contribution < 1.29 is 4.74 Å². The van der Waals surface area contributed by atoms with E-state index in [1.807, 2.05) is 6.20 Å². The summed E-state index contributed by atoms with van der Waals surface area (Å²) in [5.41, 5.74) is 2.58. The van der Waals surface area contributed by atoms with Gasteiger partial charge in [-0.05, 0) is 36.2 Å². The third kappa shape index (κ3) is 2.81. The Hall–Kier alpha value is -1.81. The lowest BCUT2D eigenvalue weighted by Crippen LogP contribution is -2.25. The van der Waals surface area contributed by atoms with Gasteiger partial charge in [0.25, 0.3) is 0 Å². The number of nitrogens with zero attached hydrogens (tertiary/aromatic N) is 2. The molecule has 1 aliphatic heterocycles. The Labute approximate surface area is 126 Å². The van der Waals surface area contributed by atoms with Crippen molar-refractivity contribution in [2.45, 2.75) is 39.3 Å². The van der Waals surface area contributed by atoms with E-state index in [0.717, 1.165) is 44.1 Å². The summed E-state index contributed by atoms with van der Waals surface area (Å²) in [6.07, 6.45) is 6.08. The molecule has 0 radical (unpaired) electrons. The Morgan fingerprint density at radius 1 is 1.38 bits per heavy atom. The maximum atomic E-state index is 5.60. The molecule has 21 heavy (non-hydrogen) atoms. The van der Waals surface area contributed by atoms with Crippen LogP contribution in [0.4, 0.5) is 0 Å². The number of nitrogens with one attached hydrogen (secondary N) is 1. The fraction of sp³-hybridized carbons (Fsp3) is 0.471. The molecule has 1 atom stereocenters. The first kappa shape index (κ1) is 14.1. The molecule has 1 aromatic carbocycles. The largest absolute Gasteiger partial charge is 0.493 e. The van der Waals surface area contributed by atoms with Crippen molar-refractivity contribution in [1.82, 2.24) is 14.9 Å². The van der Waals surface area contributed by atoms with E-state index in [-0.39, 0.29) is 6.04 Å². The maximum Gasteiger partial charge on any atom is 0.130 e. The fourth-order valence-corrected chi connectivity index (χ4v) is 2.96. The van der Waals surface area contributed by atoms with Gasteiger partial charge in [-0.25, -0.2) is 4.98 Å². The summed E-state index contributed by atoms with van der Waals surface area (Å²) < 4.78 is 7.85. The lowest BCUT2D eigenvalue weighted by atomic mass is 10.0. The second-order valence-corrected chi connectivity index (χ2v) is 5.44. The molecule has 0 saturated heterocycles. The monoisotopic (exact) mass is 285 g/mol. The van der Waals surface area contributed by atoms with Crippen LogP contribution in [0.3, 0.4) is 0 Å². The minimum atomic E-state index is 0.141. The van der Waals surface area contributed by atoms with Gasteiger partial charge in [0, 0.05) is 25.4 Å². The predicted octanol–water partition coefficient (Wildman–Crippen LogP) is 2.93. The molecule has 3 rings (SSSR count). The average Bonchev–Trinajstić information content (AvgIpc) is 3.13. The molecule has 0 bridgehead atoms. The van der Waals surface area contributed by atoms with Gasteiger partial charge in [0.05, 0.1) is 12.6 Å². The Kier molecular flexibility index (Phi) is 4.25. The average molecular weight is 285 g/mol. The highest BCUT2D eigenvalue weighted by atomic mass is 16.5. The summed E-state index contributed by atoms with van der Waals surface area (Å²) in [5, 5.41) is 3.57. The number of hydrogen-bond donors (Lipinski definition) is 1. The highest BCUT2D eigenvalue weighted by molar-refractivity contribution is 5.42. The summed E-state index contributed by atoms with van der Waals surface area (Å²) in [7, 11) is 0. The molecule has 4 nitrogen and oxygen atoms in total.